The Labute approximate surface area is 118 Å². The molecule has 0 aliphatic rings. The third-order valence-corrected chi connectivity index (χ3v) is 3.36. The molecule has 0 saturated carbocycles. The number of benzene rings is 1. The third-order valence-electron chi connectivity index (χ3n) is 3.36. The first-order valence-corrected chi connectivity index (χ1v) is 7.51. The van der Waals surface area contributed by atoms with Crippen LogP contribution in [0.3, 0.4) is 0 Å². The van der Waals surface area contributed by atoms with Gasteiger partial charge in [0.25, 0.3) is 0 Å². The van der Waals surface area contributed by atoms with Gasteiger partial charge >= 0.3 is 0 Å². The molecule has 1 atom stereocenters. The lowest BCUT2D eigenvalue weighted by Crippen LogP contribution is -2.25. The maximum absolute atomic E-state index is 5.63. The zero-order valence-electron chi connectivity index (χ0n) is 12.9. The summed E-state index contributed by atoms with van der Waals surface area (Å²) in [4.78, 5) is 0. The van der Waals surface area contributed by atoms with Crippen molar-refractivity contribution in [1.29, 1.82) is 0 Å². The van der Waals surface area contributed by atoms with Crippen molar-refractivity contribution in [3.05, 3.63) is 35.4 Å². The Balaban J connectivity index is 2.24. The molecule has 0 bridgehead atoms. The van der Waals surface area contributed by atoms with Crippen LogP contribution in [0, 0.1) is 12.8 Å². The van der Waals surface area contributed by atoms with Crippen LogP contribution in [0.25, 0.3) is 0 Å². The van der Waals surface area contributed by atoms with E-state index in [4.69, 9.17) is 4.74 Å². The van der Waals surface area contributed by atoms with Gasteiger partial charge in [0.1, 0.15) is 0 Å². The third kappa shape index (κ3) is 6.74. The molecule has 0 radical (unpaired) electrons. The molecule has 0 saturated heterocycles. The van der Waals surface area contributed by atoms with Crippen LogP contribution in [0.2, 0.25) is 0 Å². The minimum atomic E-state index is 0.439. The maximum Gasteiger partial charge on any atom is 0.0591 e. The van der Waals surface area contributed by atoms with E-state index in [0.29, 0.717) is 6.04 Å². The summed E-state index contributed by atoms with van der Waals surface area (Å²) < 4.78 is 5.63. The van der Waals surface area contributed by atoms with Gasteiger partial charge in [-0.3, -0.25) is 0 Å². The predicted molar refractivity (Wildman–Crippen MR) is 82.5 cm³/mol. The van der Waals surface area contributed by atoms with E-state index in [1.807, 2.05) is 0 Å². The van der Waals surface area contributed by atoms with Gasteiger partial charge in [-0.2, -0.15) is 0 Å². The van der Waals surface area contributed by atoms with E-state index in [2.05, 4.69) is 57.3 Å². The zero-order valence-corrected chi connectivity index (χ0v) is 12.9. The molecule has 0 aliphatic carbocycles. The fourth-order valence-electron chi connectivity index (χ4n) is 2.02. The predicted octanol–water partition coefficient (Wildman–Crippen LogP) is 4.10. The Morgan fingerprint density at radius 1 is 1.11 bits per heavy atom. The average molecular weight is 263 g/mol. The highest BCUT2D eigenvalue weighted by Crippen LogP contribution is 2.16. The molecule has 1 aromatic rings. The topological polar surface area (TPSA) is 21.3 Å². The van der Waals surface area contributed by atoms with E-state index < -0.39 is 0 Å². The number of ether oxygens (including phenoxy) is 1. The fraction of sp³-hybridized carbons (Fsp3) is 0.647. The van der Waals surface area contributed by atoms with E-state index in [-0.39, 0.29) is 0 Å². The summed E-state index contributed by atoms with van der Waals surface area (Å²) in [5, 5.41) is 3.57. The molecule has 1 aromatic carbocycles. The van der Waals surface area contributed by atoms with Gasteiger partial charge in [0, 0.05) is 19.2 Å². The van der Waals surface area contributed by atoms with Crippen LogP contribution in [-0.4, -0.2) is 19.8 Å². The van der Waals surface area contributed by atoms with Gasteiger partial charge in [-0.1, -0.05) is 50.6 Å². The van der Waals surface area contributed by atoms with E-state index >= 15 is 0 Å². The first-order chi connectivity index (χ1) is 9.13. The van der Waals surface area contributed by atoms with Gasteiger partial charge in [0.2, 0.25) is 0 Å². The SMILES string of the molecule is CCC(NCCOCCC(C)C)c1ccc(C)cc1. The molecule has 1 N–H and O–H groups in total. The van der Waals surface area contributed by atoms with Crippen molar-refractivity contribution in [2.24, 2.45) is 5.92 Å². The monoisotopic (exact) mass is 263 g/mol. The largest absolute Gasteiger partial charge is 0.380 e. The van der Waals surface area contributed by atoms with E-state index in [1.165, 1.54) is 11.1 Å². The first-order valence-electron chi connectivity index (χ1n) is 7.51. The second kappa shape index (κ2) is 9.11. The van der Waals surface area contributed by atoms with Gasteiger partial charge in [-0.25, -0.2) is 0 Å². The Kier molecular flexibility index (Phi) is 7.76. The van der Waals surface area contributed by atoms with Crippen LogP contribution in [0.4, 0.5) is 0 Å². The average Bonchev–Trinajstić information content (AvgIpc) is 2.39. The summed E-state index contributed by atoms with van der Waals surface area (Å²) in [5.74, 6) is 0.726. The number of hydrogen-bond acceptors (Lipinski definition) is 2. The molecule has 0 aromatic heterocycles. The normalized spacial score (nSPS) is 12.9. The molecular formula is C17H29NO. The summed E-state index contributed by atoms with van der Waals surface area (Å²) in [6.07, 6.45) is 2.25. The fourth-order valence-corrected chi connectivity index (χ4v) is 2.02. The highest BCUT2D eigenvalue weighted by Gasteiger charge is 2.07. The van der Waals surface area contributed by atoms with Gasteiger partial charge in [0.05, 0.1) is 6.61 Å². The molecule has 0 fully saturated rings. The Hall–Kier alpha value is -0.860. The summed E-state index contributed by atoms with van der Waals surface area (Å²) in [7, 11) is 0. The molecule has 1 unspecified atom stereocenters. The van der Waals surface area contributed by atoms with E-state index in [1.54, 1.807) is 0 Å². The summed E-state index contributed by atoms with van der Waals surface area (Å²) in [5.41, 5.74) is 2.69. The molecule has 0 spiro atoms. The second-order valence-corrected chi connectivity index (χ2v) is 5.62. The lowest BCUT2D eigenvalue weighted by atomic mass is 10.0. The first kappa shape index (κ1) is 16.2. The Morgan fingerprint density at radius 2 is 1.79 bits per heavy atom. The Bertz CT molecular complexity index is 332. The standard InChI is InChI=1S/C17H29NO/c1-5-17(16-8-6-15(4)7-9-16)18-11-13-19-12-10-14(2)3/h6-9,14,17-18H,5,10-13H2,1-4H3. The Morgan fingerprint density at radius 3 is 2.37 bits per heavy atom. The van der Waals surface area contributed by atoms with Crippen molar-refractivity contribution in [1.82, 2.24) is 5.32 Å². The van der Waals surface area contributed by atoms with Crippen molar-refractivity contribution >= 4 is 0 Å². The van der Waals surface area contributed by atoms with Crippen LogP contribution >= 0.6 is 0 Å². The highest BCUT2D eigenvalue weighted by molar-refractivity contribution is 5.23. The van der Waals surface area contributed by atoms with Gasteiger partial charge in [-0.05, 0) is 31.2 Å². The molecular weight excluding hydrogens is 234 g/mol. The molecule has 1 rings (SSSR count). The van der Waals surface area contributed by atoms with E-state index in [0.717, 1.165) is 38.5 Å². The second-order valence-electron chi connectivity index (χ2n) is 5.62. The van der Waals surface area contributed by atoms with Crippen molar-refractivity contribution < 1.29 is 4.74 Å². The smallest absolute Gasteiger partial charge is 0.0591 e. The van der Waals surface area contributed by atoms with Gasteiger partial charge in [0.15, 0.2) is 0 Å². The van der Waals surface area contributed by atoms with E-state index in [9.17, 15) is 0 Å². The molecule has 2 heteroatoms. The molecule has 0 heterocycles. The summed E-state index contributed by atoms with van der Waals surface area (Å²) >= 11 is 0. The van der Waals surface area contributed by atoms with Crippen molar-refractivity contribution in [2.75, 3.05) is 19.8 Å². The molecule has 0 amide bonds. The van der Waals surface area contributed by atoms with Crippen molar-refractivity contribution in [3.8, 4) is 0 Å². The van der Waals surface area contributed by atoms with Crippen LogP contribution < -0.4 is 5.32 Å². The van der Waals surface area contributed by atoms with Gasteiger partial charge < -0.3 is 10.1 Å². The van der Waals surface area contributed by atoms with Gasteiger partial charge in [-0.15, -0.1) is 0 Å². The van der Waals surface area contributed by atoms with Crippen LogP contribution in [0.1, 0.15) is 50.8 Å². The quantitative estimate of drug-likeness (QED) is 0.677. The molecule has 108 valence electrons. The number of nitrogens with one attached hydrogen (secondary N) is 1. The number of rotatable bonds is 9. The highest BCUT2D eigenvalue weighted by atomic mass is 16.5. The molecule has 2 nitrogen and oxygen atoms in total. The minimum Gasteiger partial charge on any atom is -0.380 e. The number of hydrogen-bond donors (Lipinski definition) is 1. The summed E-state index contributed by atoms with van der Waals surface area (Å²) in [6, 6.07) is 9.23. The lowest BCUT2D eigenvalue weighted by Gasteiger charge is -2.18. The zero-order chi connectivity index (χ0) is 14.1. The van der Waals surface area contributed by atoms with Crippen LogP contribution in [-0.2, 0) is 4.74 Å². The molecule has 19 heavy (non-hydrogen) atoms. The summed E-state index contributed by atoms with van der Waals surface area (Å²) in [6.45, 7) is 11.4. The maximum atomic E-state index is 5.63. The molecule has 0 aliphatic heterocycles. The van der Waals surface area contributed by atoms with Crippen LogP contribution in [0.15, 0.2) is 24.3 Å². The lowest BCUT2D eigenvalue weighted by molar-refractivity contribution is 0.123. The van der Waals surface area contributed by atoms with Crippen LogP contribution in [0.5, 0.6) is 0 Å². The van der Waals surface area contributed by atoms with Crippen molar-refractivity contribution in [2.45, 2.75) is 46.6 Å². The minimum absolute atomic E-state index is 0.439. The van der Waals surface area contributed by atoms with Crippen molar-refractivity contribution in [3.63, 3.8) is 0 Å². The number of aryl methyl sites for hydroxylation is 1.